The Balaban J connectivity index is 1.63. The number of hydrogen-bond donors (Lipinski definition) is 0. The molecule has 5 nitrogen and oxygen atoms in total. The van der Waals surface area contributed by atoms with Crippen LogP contribution in [0.1, 0.15) is 24.1 Å². The van der Waals surface area contributed by atoms with Crippen molar-refractivity contribution < 1.29 is 9.18 Å². The lowest BCUT2D eigenvalue weighted by Crippen LogP contribution is -2.31. The Kier molecular flexibility index (Phi) is 3.94. The van der Waals surface area contributed by atoms with Gasteiger partial charge < -0.3 is 4.90 Å². The van der Waals surface area contributed by atoms with Crippen LogP contribution in [0.5, 0.6) is 0 Å². The zero-order valence-electron chi connectivity index (χ0n) is 11.7. The topological polar surface area (TPSA) is 51.0 Å². The van der Waals surface area contributed by atoms with Crippen molar-refractivity contribution in [3.8, 4) is 0 Å². The third-order valence-electron chi connectivity index (χ3n) is 3.82. The lowest BCUT2D eigenvalue weighted by Gasteiger charge is -2.19. The zero-order valence-corrected chi connectivity index (χ0v) is 11.7. The smallest absolute Gasteiger partial charge is 0.210 e. The van der Waals surface area contributed by atoms with Crippen LogP contribution >= 0.6 is 0 Å². The van der Waals surface area contributed by atoms with Gasteiger partial charge >= 0.3 is 0 Å². The Bertz CT molecular complexity index is 610. The van der Waals surface area contributed by atoms with Crippen LogP contribution in [0.25, 0.3) is 0 Å². The summed E-state index contributed by atoms with van der Waals surface area (Å²) in [5.41, 5.74) is 1.84. The monoisotopic (exact) mass is 288 g/mol. The molecular formula is C15H17FN4O. The van der Waals surface area contributed by atoms with Gasteiger partial charge in [-0.05, 0) is 30.5 Å². The number of likely N-dealkylation sites (tertiary alicyclic amines) is 1. The van der Waals surface area contributed by atoms with Gasteiger partial charge in [0.2, 0.25) is 6.41 Å². The van der Waals surface area contributed by atoms with Crippen molar-refractivity contribution in [2.75, 3.05) is 6.54 Å². The molecular weight excluding hydrogens is 271 g/mol. The Morgan fingerprint density at radius 3 is 3.05 bits per heavy atom. The molecule has 0 spiro atoms. The number of rotatable bonds is 5. The van der Waals surface area contributed by atoms with Crippen molar-refractivity contribution in [3.05, 3.63) is 47.8 Å². The second-order valence-electron chi connectivity index (χ2n) is 5.35. The van der Waals surface area contributed by atoms with E-state index in [2.05, 4.69) is 10.1 Å². The van der Waals surface area contributed by atoms with Gasteiger partial charge in [0.15, 0.2) is 0 Å². The molecule has 21 heavy (non-hydrogen) atoms. The van der Waals surface area contributed by atoms with E-state index < -0.39 is 0 Å². The third-order valence-corrected chi connectivity index (χ3v) is 3.82. The number of pyridine rings is 1. The molecule has 6 heteroatoms. The van der Waals surface area contributed by atoms with E-state index in [9.17, 15) is 9.18 Å². The fourth-order valence-corrected chi connectivity index (χ4v) is 2.73. The van der Waals surface area contributed by atoms with Crippen LogP contribution in [0.3, 0.4) is 0 Å². The molecule has 0 aromatic carbocycles. The minimum Gasteiger partial charge on any atom is -0.340 e. The summed E-state index contributed by atoms with van der Waals surface area (Å²) in [5.74, 6) is -0.329. The van der Waals surface area contributed by atoms with E-state index in [0.717, 1.165) is 43.6 Å². The van der Waals surface area contributed by atoms with E-state index in [-0.39, 0.29) is 11.9 Å². The minimum absolute atomic E-state index is 0.235. The Hall–Kier alpha value is -2.24. The fourth-order valence-electron chi connectivity index (χ4n) is 2.73. The van der Waals surface area contributed by atoms with Crippen LogP contribution in [0, 0.1) is 5.82 Å². The van der Waals surface area contributed by atoms with Crippen molar-refractivity contribution in [2.45, 2.75) is 31.8 Å². The molecule has 110 valence electrons. The third kappa shape index (κ3) is 3.26. The summed E-state index contributed by atoms with van der Waals surface area (Å²) in [6.45, 7) is 1.55. The molecule has 0 aliphatic carbocycles. The van der Waals surface area contributed by atoms with Crippen molar-refractivity contribution in [1.29, 1.82) is 0 Å². The number of aromatic nitrogens is 3. The van der Waals surface area contributed by atoms with Gasteiger partial charge in [0.05, 0.1) is 25.0 Å². The van der Waals surface area contributed by atoms with Crippen LogP contribution in [0.2, 0.25) is 0 Å². The summed E-state index contributed by atoms with van der Waals surface area (Å²) in [6, 6.07) is 3.32. The molecule has 0 N–H and O–H groups in total. The van der Waals surface area contributed by atoms with E-state index >= 15 is 0 Å². The maximum Gasteiger partial charge on any atom is 0.210 e. The van der Waals surface area contributed by atoms with Crippen LogP contribution < -0.4 is 0 Å². The number of nitrogens with zero attached hydrogens (tertiary/aromatic N) is 4. The lowest BCUT2D eigenvalue weighted by atomic mass is 10.2. The van der Waals surface area contributed by atoms with Gasteiger partial charge in [-0.15, -0.1) is 0 Å². The highest BCUT2D eigenvalue weighted by atomic mass is 19.1. The molecule has 1 unspecified atom stereocenters. The number of halogens is 1. The second-order valence-corrected chi connectivity index (χ2v) is 5.35. The zero-order chi connectivity index (χ0) is 14.7. The molecule has 2 aromatic heterocycles. The summed E-state index contributed by atoms with van der Waals surface area (Å²) in [4.78, 5) is 16.8. The van der Waals surface area contributed by atoms with Gasteiger partial charge in [0.1, 0.15) is 5.82 Å². The van der Waals surface area contributed by atoms with Gasteiger partial charge in [-0.1, -0.05) is 0 Å². The van der Waals surface area contributed by atoms with Crippen LogP contribution in [-0.4, -0.2) is 38.7 Å². The van der Waals surface area contributed by atoms with E-state index in [1.807, 2.05) is 15.8 Å². The normalized spacial score (nSPS) is 18.1. The van der Waals surface area contributed by atoms with Crippen molar-refractivity contribution >= 4 is 6.41 Å². The first-order valence-electron chi connectivity index (χ1n) is 7.07. The van der Waals surface area contributed by atoms with Gasteiger partial charge in [0, 0.05) is 24.9 Å². The van der Waals surface area contributed by atoms with Crippen LogP contribution in [0.4, 0.5) is 4.39 Å². The van der Waals surface area contributed by atoms with E-state index in [1.165, 1.54) is 12.3 Å². The molecule has 1 aliphatic rings. The van der Waals surface area contributed by atoms with Gasteiger partial charge in [-0.3, -0.25) is 14.5 Å². The molecule has 0 bridgehead atoms. The average molecular weight is 288 g/mol. The summed E-state index contributed by atoms with van der Waals surface area (Å²) >= 11 is 0. The standard InChI is InChI=1S/C15H17FN4O/c16-13-3-4-14(17-8-13)6-12-7-18-20(9-12)10-15-2-1-5-19(15)11-21/h3-4,7-9,11,15H,1-2,5-6,10H2. The second kappa shape index (κ2) is 6.03. The van der Waals surface area contributed by atoms with Gasteiger partial charge in [-0.2, -0.15) is 5.10 Å². The SMILES string of the molecule is O=CN1CCCC1Cn1cc(Cc2ccc(F)cn2)cn1. The molecule has 1 atom stereocenters. The first-order chi connectivity index (χ1) is 10.2. The summed E-state index contributed by atoms with van der Waals surface area (Å²) in [5, 5.41) is 4.33. The molecule has 1 amide bonds. The number of carbonyl (C=O) groups is 1. The average Bonchev–Trinajstić information content (AvgIpc) is 3.11. The maximum atomic E-state index is 12.8. The van der Waals surface area contributed by atoms with Crippen molar-refractivity contribution in [3.63, 3.8) is 0 Å². The van der Waals surface area contributed by atoms with Crippen LogP contribution in [0.15, 0.2) is 30.7 Å². The predicted octanol–water partition coefficient (Wildman–Crippen LogP) is 1.63. The largest absolute Gasteiger partial charge is 0.340 e. The first kappa shape index (κ1) is 13.7. The molecule has 0 radical (unpaired) electrons. The van der Waals surface area contributed by atoms with E-state index in [0.29, 0.717) is 6.42 Å². The molecule has 3 heterocycles. The summed E-state index contributed by atoms with van der Waals surface area (Å²) in [7, 11) is 0. The molecule has 1 saturated heterocycles. The molecule has 0 saturated carbocycles. The molecule has 1 fully saturated rings. The Morgan fingerprint density at radius 1 is 1.38 bits per heavy atom. The fraction of sp³-hybridized carbons (Fsp3) is 0.400. The van der Waals surface area contributed by atoms with Gasteiger partial charge in [0.25, 0.3) is 0 Å². The highest BCUT2D eigenvalue weighted by Gasteiger charge is 2.23. The summed E-state index contributed by atoms with van der Waals surface area (Å²) in [6.07, 6.45) is 8.61. The highest BCUT2D eigenvalue weighted by Crippen LogP contribution is 2.17. The Morgan fingerprint density at radius 2 is 2.29 bits per heavy atom. The lowest BCUT2D eigenvalue weighted by molar-refractivity contribution is -0.119. The minimum atomic E-state index is -0.329. The van der Waals surface area contributed by atoms with E-state index in [4.69, 9.17) is 0 Å². The van der Waals surface area contributed by atoms with Crippen molar-refractivity contribution in [1.82, 2.24) is 19.7 Å². The van der Waals surface area contributed by atoms with Crippen molar-refractivity contribution in [2.24, 2.45) is 0 Å². The maximum absolute atomic E-state index is 12.8. The molecule has 3 rings (SSSR count). The predicted molar refractivity (Wildman–Crippen MR) is 75.0 cm³/mol. The highest BCUT2D eigenvalue weighted by molar-refractivity contribution is 5.48. The van der Waals surface area contributed by atoms with Gasteiger partial charge in [-0.25, -0.2) is 4.39 Å². The quantitative estimate of drug-likeness (QED) is 0.786. The number of hydrogen-bond acceptors (Lipinski definition) is 3. The first-order valence-corrected chi connectivity index (χ1v) is 7.07. The number of amides is 1. The number of carbonyl (C=O) groups excluding carboxylic acids is 1. The Labute approximate surface area is 122 Å². The molecule has 1 aliphatic heterocycles. The summed E-state index contributed by atoms with van der Waals surface area (Å²) < 4.78 is 14.7. The van der Waals surface area contributed by atoms with E-state index in [1.54, 1.807) is 12.3 Å². The molecule has 2 aromatic rings. The van der Waals surface area contributed by atoms with Crippen LogP contribution in [-0.2, 0) is 17.8 Å².